The standard InChI is InChI=1S/C13H24O4/c1-5-15-11(14)7-6-8-13(4)16-9-12(2,3)10-17-13/h5-10H2,1-4H3. The van der Waals surface area contributed by atoms with Crippen LogP contribution in [0.25, 0.3) is 0 Å². The Kier molecular flexibility index (Phi) is 4.95. The number of carbonyl (C=O) groups is 1. The van der Waals surface area contributed by atoms with Crippen molar-refractivity contribution >= 4 is 5.97 Å². The van der Waals surface area contributed by atoms with Gasteiger partial charge in [0.2, 0.25) is 0 Å². The number of esters is 1. The Morgan fingerprint density at radius 1 is 1.24 bits per heavy atom. The Morgan fingerprint density at radius 2 is 1.82 bits per heavy atom. The number of rotatable bonds is 5. The first-order valence-electron chi connectivity index (χ1n) is 6.30. The Hall–Kier alpha value is -0.610. The molecular formula is C13H24O4. The molecule has 0 spiro atoms. The summed E-state index contributed by atoms with van der Waals surface area (Å²) in [5.74, 6) is -0.686. The van der Waals surface area contributed by atoms with Crippen LogP contribution in [-0.4, -0.2) is 31.6 Å². The lowest BCUT2D eigenvalue weighted by atomic mass is 9.94. The summed E-state index contributed by atoms with van der Waals surface area (Å²) in [4.78, 5) is 11.2. The van der Waals surface area contributed by atoms with Gasteiger partial charge in [0.05, 0.1) is 19.8 Å². The van der Waals surface area contributed by atoms with Gasteiger partial charge >= 0.3 is 5.97 Å². The zero-order valence-corrected chi connectivity index (χ0v) is 11.4. The van der Waals surface area contributed by atoms with Gasteiger partial charge in [0, 0.05) is 18.3 Å². The van der Waals surface area contributed by atoms with E-state index in [1.807, 2.05) is 13.8 Å². The van der Waals surface area contributed by atoms with E-state index in [2.05, 4.69) is 13.8 Å². The average molecular weight is 244 g/mol. The van der Waals surface area contributed by atoms with Crippen molar-refractivity contribution in [1.29, 1.82) is 0 Å². The first kappa shape index (κ1) is 14.5. The molecule has 1 rings (SSSR count). The van der Waals surface area contributed by atoms with Crippen molar-refractivity contribution < 1.29 is 19.0 Å². The smallest absolute Gasteiger partial charge is 0.305 e. The lowest BCUT2D eigenvalue weighted by Crippen LogP contribution is -2.45. The van der Waals surface area contributed by atoms with Crippen LogP contribution in [0.3, 0.4) is 0 Å². The van der Waals surface area contributed by atoms with Crippen molar-refractivity contribution in [3.8, 4) is 0 Å². The molecule has 0 N–H and O–H groups in total. The monoisotopic (exact) mass is 244 g/mol. The average Bonchev–Trinajstić information content (AvgIpc) is 2.24. The Bertz CT molecular complexity index is 250. The van der Waals surface area contributed by atoms with Gasteiger partial charge in [-0.05, 0) is 20.3 Å². The van der Waals surface area contributed by atoms with Crippen molar-refractivity contribution in [2.75, 3.05) is 19.8 Å². The van der Waals surface area contributed by atoms with Crippen molar-refractivity contribution in [3.05, 3.63) is 0 Å². The van der Waals surface area contributed by atoms with Gasteiger partial charge in [0.15, 0.2) is 5.79 Å². The topological polar surface area (TPSA) is 44.8 Å². The van der Waals surface area contributed by atoms with Gasteiger partial charge < -0.3 is 14.2 Å². The minimum absolute atomic E-state index is 0.0840. The first-order valence-corrected chi connectivity index (χ1v) is 6.30. The molecule has 0 atom stereocenters. The molecular weight excluding hydrogens is 220 g/mol. The highest BCUT2D eigenvalue weighted by Crippen LogP contribution is 2.32. The molecule has 0 aliphatic carbocycles. The van der Waals surface area contributed by atoms with E-state index in [0.29, 0.717) is 26.2 Å². The molecule has 0 radical (unpaired) electrons. The third kappa shape index (κ3) is 5.04. The Morgan fingerprint density at radius 3 is 2.35 bits per heavy atom. The highest BCUT2D eigenvalue weighted by molar-refractivity contribution is 5.69. The van der Waals surface area contributed by atoms with E-state index in [-0.39, 0.29) is 11.4 Å². The molecule has 0 unspecified atom stereocenters. The van der Waals surface area contributed by atoms with Crippen LogP contribution in [0.2, 0.25) is 0 Å². The predicted octanol–water partition coefficient (Wildman–Crippen LogP) is 2.51. The third-order valence-electron chi connectivity index (χ3n) is 2.85. The molecule has 1 heterocycles. The quantitative estimate of drug-likeness (QED) is 0.697. The van der Waals surface area contributed by atoms with Gasteiger partial charge in [0.1, 0.15) is 0 Å². The molecule has 1 fully saturated rings. The summed E-state index contributed by atoms with van der Waals surface area (Å²) in [6.07, 6.45) is 1.89. The zero-order valence-electron chi connectivity index (χ0n) is 11.4. The van der Waals surface area contributed by atoms with E-state index in [4.69, 9.17) is 14.2 Å². The molecule has 0 aromatic heterocycles. The molecule has 17 heavy (non-hydrogen) atoms. The molecule has 0 aromatic carbocycles. The number of hydrogen-bond donors (Lipinski definition) is 0. The molecule has 0 bridgehead atoms. The van der Waals surface area contributed by atoms with Crippen LogP contribution in [0.15, 0.2) is 0 Å². The molecule has 1 aliphatic rings. The van der Waals surface area contributed by atoms with Gasteiger partial charge in [-0.3, -0.25) is 4.79 Å². The maximum absolute atomic E-state index is 11.2. The Balaban J connectivity index is 2.25. The fourth-order valence-electron chi connectivity index (χ4n) is 1.71. The summed E-state index contributed by atoms with van der Waals surface area (Å²) in [5.41, 5.74) is 0.0840. The molecule has 4 nitrogen and oxygen atoms in total. The normalized spacial score (nSPS) is 22.1. The maximum atomic E-state index is 11.2. The van der Waals surface area contributed by atoms with E-state index in [9.17, 15) is 4.79 Å². The van der Waals surface area contributed by atoms with E-state index in [1.54, 1.807) is 0 Å². The summed E-state index contributed by atoms with van der Waals surface area (Å²) >= 11 is 0. The van der Waals surface area contributed by atoms with Crippen LogP contribution in [0.5, 0.6) is 0 Å². The van der Waals surface area contributed by atoms with Crippen LogP contribution >= 0.6 is 0 Å². The predicted molar refractivity (Wildman–Crippen MR) is 64.6 cm³/mol. The van der Waals surface area contributed by atoms with E-state index < -0.39 is 5.79 Å². The zero-order chi connectivity index (χ0) is 12.9. The Labute approximate surface area is 104 Å². The van der Waals surface area contributed by atoms with Gasteiger partial charge in [-0.1, -0.05) is 13.8 Å². The van der Waals surface area contributed by atoms with Gasteiger partial charge in [0.25, 0.3) is 0 Å². The lowest BCUT2D eigenvalue weighted by Gasteiger charge is -2.41. The minimum Gasteiger partial charge on any atom is -0.466 e. The van der Waals surface area contributed by atoms with Crippen LogP contribution in [0.4, 0.5) is 0 Å². The molecule has 0 saturated carbocycles. The molecule has 1 saturated heterocycles. The molecule has 0 amide bonds. The molecule has 4 heteroatoms. The SMILES string of the molecule is CCOC(=O)CCCC1(C)OCC(C)(C)CO1. The molecule has 100 valence electrons. The van der Waals surface area contributed by atoms with Crippen LogP contribution in [-0.2, 0) is 19.0 Å². The van der Waals surface area contributed by atoms with Crippen LogP contribution in [0, 0.1) is 5.41 Å². The van der Waals surface area contributed by atoms with E-state index >= 15 is 0 Å². The van der Waals surface area contributed by atoms with E-state index in [0.717, 1.165) is 12.8 Å². The van der Waals surface area contributed by atoms with Crippen molar-refractivity contribution in [2.45, 2.75) is 52.7 Å². The summed E-state index contributed by atoms with van der Waals surface area (Å²) in [6.45, 7) is 9.82. The largest absolute Gasteiger partial charge is 0.466 e. The second-order valence-electron chi connectivity index (χ2n) is 5.53. The fraction of sp³-hybridized carbons (Fsp3) is 0.923. The maximum Gasteiger partial charge on any atom is 0.305 e. The van der Waals surface area contributed by atoms with Crippen molar-refractivity contribution in [2.24, 2.45) is 5.41 Å². The summed E-state index contributed by atoms with van der Waals surface area (Å²) in [6, 6.07) is 0. The van der Waals surface area contributed by atoms with Crippen LogP contribution < -0.4 is 0 Å². The fourth-order valence-corrected chi connectivity index (χ4v) is 1.71. The summed E-state index contributed by atoms with van der Waals surface area (Å²) < 4.78 is 16.4. The molecule has 1 aliphatic heterocycles. The van der Waals surface area contributed by atoms with Gasteiger partial charge in [-0.25, -0.2) is 0 Å². The highest BCUT2D eigenvalue weighted by atomic mass is 16.7. The first-order chi connectivity index (χ1) is 7.87. The number of ether oxygens (including phenoxy) is 3. The number of carbonyl (C=O) groups excluding carboxylic acids is 1. The highest BCUT2D eigenvalue weighted by Gasteiger charge is 2.36. The van der Waals surface area contributed by atoms with Crippen molar-refractivity contribution in [1.82, 2.24) is 0 Å². The summed E-state index contributed by atoms with van der Waals surface area (Å²) in [7, 11) is 0. The van der Waals surface area contributed by atoms with Crippen molar-refractivity contribution in [3.63, 3.8) is 0 Å². The van der Waals surface area contributed by atoms with E-state index in [1.165, 1.54) is 0 Å². The minimum atomic E-state index is -0.540. The summed E-state index contributed by atoms with van der Waals surface area (Å²) in [5, 5.41) is 0. The lowest BCUT2D eigenvalue weighted by molar-refractivity contribution is -0.292. The van der Waals surface area contributed by atoms with Gasteiger partial charge in [-0.15, -0.1) is 0 Å². The third-order valence-corrected chi connectivity index (χ3v) is 2.85. The van der Waals surface area contributed by atoms with Crippen LogP contribution in [0.1, 0.15) is 47.0 Å². The second kappa shape index (κ2) is 5.83. The second-order valence-corrected chi connectivity index (χ2v) is 5.53. The molecule has 0 aromatic rings. The van der Waals surface area contributed by atoms with Gasteiger partial charge in [-0.2, -0.15) is 0 Å². The number of hydrogen-bond acceptors (Lipinski definition) is 4.